The Morgan fingerprint density at radius 2 is 1.78 bits per heavy atom. The second kappa shape index (κ2) is 7.54. The molecule has 0 fully saturated rings. The Labute approximate surface area is 134 Å². The zero-order valence-electron chi connectivity index (χ0n) is 13.0. The monoisotopic (exact) mass is 315 g/mol. The summed E-state index contributed by atoms with van der Waals surface area (Å²) in [6, 6.07) is 12.8. The summed E-state index contributed by atoms with van der Waals surface area (Å²) in [7, 11) is 0. The summed E-state index contributed by atoms with van der Waals surface area (Å²) in [5, 5.41) is 2.53. The molecule has 0 bridgehead atoms. The molecular weight excluding hydrogens is 297 g/mol. The smallest absolute Gasteiger partial charge is 0.326 e. The van der Waals surface area contributed by atoms with Gasteiger partial charge in [0.2, 0.25) is 0 Å². The summed E-state index contributed by atoms with van der Waals surface area (Å²) in [6.45, 7) is 3.29. The van der Waals surface area contributed by atoms with Crippen LogP contribution in [0.1, 0.15) is 34.5 Å². The third kappa shape index (κ3) is 4.64. The number of benzene rings is 2. The molecule has 0 aliphatic carbocycles. The van der Waals surface area contributed by atoms with Crippen molar-refractivity contribution in [3.63, 3.8) is 0 Å². The average Bonchev–Trinajstić information content (AvgIpc) is 2.53. The second-order valence-electron chi connectivity index (χ2n) is 5.18. The Morgan fingerprint density at radius 3 is 2.43 bits per heavy atom. The van der Waals surface area contributed by atoms with Gasteiger partial charge in [-0.15, -0.1) is 0 Å². The number of halogens is 1. The molecule has 0 radical (unpaired) electrons. The predicted octanol–water partition coefficient (Wildman–Crippen LogP) is 3.17. The molecule has 0 spiro atoms. The quantitative estimate of drug-likeness (QED) is 0.862. The van der Waals surface area contributed by atoms with Crippen molar-refractivity contribution in [2.45, 2.75) is 20.0 Å². The fourth-order valence-electron chi connectivity index (χ4n) is 2.12. The average molecular weight is 315 g/mol. The molecule has 0 aromatic heterocycles. The molecule has 0 saturated heterocycles. The SMILES string of the molecule is Cc1ccccc1C(=O)NCC(=O)OC(C)c1ccc(F)cc1. The second-order valence-corrected chi connectivity index (χ2v) is 5.18. The number of carbonyl (C=O) groups excluding carboxylic acids is 2. The third-order valence-corrected chi connectivity index (χ3v) is 3.43. The number of nitrogens with one attached hydrogen (secondary N) is 1. The fourth-order valence-corrected chi connectivity index (χ4v) is 2.12. The molecule has 0 aliphatic rings. The van der Waals surface area contributed by atoms with Crippen molar-refractivity contribution in [3.05, 3.63) is 71.0 Å². The summed E-state index contributed by atoms with van der Waals surface area (Å²) >= 11 is 0. The van der Waals surface area contributed by atoms with Crippen LogP contribution in [0.5, 0.6) is 0 Å². The van der Waals surface area contributed by atoms with Gasteiger partial charge in [0.15, 0.2) is 0 Å². The maximum absolute atomic E-state index is 12.9. The molecule has 1 atom stereocenters. The number of aryl methyl sites for hydroxylation is 1. The number of hydrogen-bond acceptors (Lipinski definition) is 3. The summed E-state index contributed by atoms with van der Waals surface area (Å²) in [6.07, 6.45) is -0.515. The molecule has 2 aromatic rings. The molecule has 0 aliphatic heterocycles. The van der Waals surface area contributed by atoms with E-state index >= 15 is 0 Å². The Balaban J connectivity index is 1.86. The van der Waals surface area contributed by atoms with E-state index in [4.69, 9.17) is 4.74 Å². The first-order valence-electron chi connectivity index (χ1n) is 7.26. The molecular formula is C18H18FNO3. The fraction of sp³-hybridized carbons (Fsp3) is 0.222. The first-order valence-corrected chi connectivity index (χ1v) is 7.26. The van der Waals surface area contributed by atoms with Gasteiger partial charge in [-0.25, -0.2) is 4.39 Å². The highest BCUT2D eigenvalue weighted by Crippen LogP contribution is 2.17. The van der Waals surface area contributed by atoms with Gasteiger partial charge in [0.25, 0.3) is 5.91 Å². The van der Waals surface area contributed by atoms with Crippen molar-refractivity contribution in [1.82, 2.24) is 5.32 Å². The van der Waals surface area contributed by atoms with Gasteiger partial charge in [0, 0.05) is 5.56 Å². The first-order chi connectivity index (χ1) is 11.0. The highest BCUT2D eigenvalue weighted by molar-refractivity contribution is 5.97. The topological polar surface area (TPSA) is 55.4 Å². The minimum atomic E-state index is -0.552. The molecule has 2 aromatic carbocycles. The van der Waals surface area contributed by atoms with Crippen LogP contribution in [0.3, 0.4) is 0 Å². The lowest BCUT2D eigenvalue weighted by atomic mass is 10.1. The molecule has 1 N–H and O–H groups in total. The molecule has 5 heteroatoms. The Bertz CT molecular complexity index is 698. The molecule has 1 amide bonds. The van der Waals surface area contributed by atoms with E-state index in [0.29, 0.717) is 11.1 Å². The summed E-state index contributed by atoms with van der Waals surface area (Å²) in [5.41, 5.74) is 2.04. The van der Waals surface area contributed by atoms with Crippen molar-refractivity contribution in [2.75, 3.05) is 6.54 Å². The van der Waals surface area contributed by atoms with E-state index in [2.05, 4.69) is 5.32 Å². The minimum absolute atomic E-state index is 0.224. The van der Waals surface area contributed by atoms with Crippen LogP contribution in [0.25, 0.3) is 0 Å². The van der Waals surface area contributed by atoms with Gasteiger partial charge in [-0.2, -0.15) is 0 Å². The maximum Gasteiger partial charge on any atom is 0.326 e. The van der Waals surface area contributed by atoms with Crippen LogP contribution in [0.4, 0.5) is 4.39 Å². The zero-order chi connectivity index (χ0) is 16.8. The number of amides is 1. The van der Waals surface area contributed by atoms with Crippen LogP contribution < -0.4 is 5.32 Å². The Hall–Kier alpha value is -2.69. The van der Waals surface area contributed by atoms with Crippen LogP contribution in [-0.2, 0) is 9.53 Å². The number of hydrogen-bond donors (Lipinski definition) is 1. The lowest BCUT2D eigenvalue weighted by molar-refractivity contribution is -0.147. The van der Waals surface area contributed by atoms with E-state index in [1.54, 1.807) is 31.2 Å². The number of rotatable bonds is 5. The normalized spacial score (nSPS) is 11.6. The van der Waals surface area contributed by atoms with Crippen LogP contribution in [0, 0.1) is 12.7 Å². The van der Waals surface area contributed by atoms with Crippen LogP contribution >= 0.6 is 0 Å². The summed E-state index contributed by atoms with van der Waals surface area (Å²) in [4.78, 5) is 23.8. The zero-order valence-corrected chi connectivity index (χ0v) is 13.0. The van der Waals surface area contributed by atoms with Crippen molar-refractivity contribution in [1.29, 1.82) is 0 Å². The highest BCUT2D eigenvalue weighted by Gasteiger charge is 2.14. The highest BCUT2D eigenvalue weighted by atomic mass is 19.1. The van der Waals surface area contributed by atoms with Crippen molar-refractivity contribution < 1.29 is 18.7 Å². The third-order valence-electron chi connectivity index (χ3n) is 3.43. The number of esters is 1. The van der Waals surface area contributed by atoms with Crippen molar-refractivity contribution >= 4 is 11.9 Å². The summed E-state index contributed by atoms with van der Waals surface area (Å²) in [5.74, 6) is -1.23. The lowest BCUT2D eigenvalue weighted by Crippen LogP contribution is -2.31. The minimum Gasteiger partial charge on any atom is -0.456 e. The van der Waals surface area contributed by atoms with Crippen LogP contribution in [0.2, 0.25) is 0 Å². The largest absolute Gasteiger partial charge is 0.456 e. The molecule has 2 rings (SSSR count). The first kappa shape index (κ1) is 16.7. The van der Waals surface area contributed by atoms with Crippen LogP contribution in [-0.4, -0.2) is 18.4 Å². The number of ether oxygens (including phenoxy) is 1. The van der Waals surface area contributed by atoms with Crippen molar-refractivity contribution in [2.24, 2.45) is 0 Å². The van der Waals surface area contributed by atoms with Gasteiger partial charge in [-0.1, -0.05) is 30.3 Å². The predicted molar refractivity (Wildman–Crippen MR) is 84.4 cm³/mol. The maximum atomic E-state index is 12.9. The lowest BCUT2D eigenvalue weighted by Gasteiger charge is -2.14. The van der Waals surface area contributed by atoms with Gasteiger partial charge < -0.3 is 10.1 Å². The molecule has 0 heterocycles. The molecule has 23 heavy (non-hydrogen) atoms. The molecule has 120 valence electrons. The Morgan fingerprint density at radius 1 is 1.13 bits per heavy atom. The molecule has 1 unspecified atom stereocenters. The summed E-state index contributed by atoms with van der Waals surface area (Å²) < 4.78 is 18.1. The van der Waals surface area contributed by atoms with Gasteiger partial charge in [0.05, 0.1) is 0 Å². The van der Waals surface area contributed by atoms with E-state index in [1.165, 1.54) is 12.1 Å². The van der Waals surface area contributed by atoms with E-state index < -0.39 is 12.1 Å². The van der Waals surface area contributed by atoms with Crippen LogP contribution in [0.15, 0.2) is 48.5 Å². The van der Waals surface area contributed by atoms with E-state index in [-0.39, 0.29) is 18.3 Å². The Kier molecular flexibility index (Phi) is 5.46. The van der Waals surface area contributed by atoms with Gasteiger partial charge in [0.1, 0.15) is 18.5 Å². The van der Waals surface area contributed by atoms with E-state index in [9.17, 15) is 14.0 Å². The molecule has 0 saturated carbocycles. The number of carbonyl (C=O) groups is 2. The van der Waals surface area contributed by atoms with Crippen molar-refractivity contribution in [3.8, 4) is 0 Å². The molecule has 4 nitrogen and oxygen atoms in total. The van der Waals surface area contributed by atoms with Gasteiger partial charge >= 0.3 is 5.97 Å². The van der Waals surface area contributed by atoms with Gasteiger partial charge in [-0.3, -0.25) is 9.59 Å². The van der Waals surface area contributed by atoms with Gasteiger partial charge in [-0.05, 0) is 43.2 Å². The van der Waals surface area contributed by atoms with E-state index in [1.807, 2.05) is 19.1 Å². The van der Waals surface area contributed by atoms with E-state index in [0.717, 1.165) is 5.56 Å². The standard InChI is InChI=1S/C18H18FNO3/c1-12-5-3-4-6-16(12)18(22)20-11-17(21)23-13(2)14-7-9-15(19)10-8-14/h3-10,13H,11H2,1-2H3,(H,20,22).